The first kappa shape index (κ1) is 18.8. The van der Waals surface area contributed by atoms with Gasteiger partial charge in [-0.3, -0.25) is 19.7 Å². The second-order valence-corrected chi connectivity index (χ2v) is 6.32. The van der Waals surface area contributed by atoms with E-state index in [1.54, 1.807) is 18.2 Å². The number of aromatic nitrogens is 5. The molecule has 3 aromatic heterocycles. The largest absolute Gasteiger partial charge is 0.423 e. The van der Waals surface area contributed by atoms with Gasteiger partial charge in [-0.05, 0) is 18.2 Å². The highest BCUT2D eigenvalue weighted by molar-refractivity contribution is 6.33. The normalized spacial score (nSPS) is 10.9. The van der Waals surface area contributed by atoms with Gasteiger partial charge in [-0.2, -0.15) is 0 Å². The molecule has 0 radical (unpaired) electrons. The Balaban J connectivity index is 1.59. The third kappa shape index (κ3) is 3.85. The summed E-state index contributed by atoms with van der Waals surface area (Å²) in [6.45, 7) is 0. The van der Waals surface area contributed by atoms with Crippen molar-refractivity contribution in [2.24, 2.45) is 0 Å². The highest BCUT2D eigenvalue weighted by Crippen LogP contribution is 2.30. The molecule has 144 valence electrons. The molecule has 0 aliphatic rings. The fourth-order valence-corrected chi connectivity index (χ4v) is 2.88. The lowest BCUT2D eigenvalue weighted by Crippen LogP contribution is -2.11. The standard InChI is InChI=1S/C19H10ClF2N5O2/c20-13-2-1-10(19-27-26-9-29-19)3-12(13)16-8-24-11(5-25-16)4-17(28)18-14(21)6-23-7-15(18)22/h1-3,5-9H,4H2. The number of benzene rings is 1. The van der Waals surface area contributed by atoms with E-state index in [2.05, 4.69) is 25.1 Å². The molecule has 0 saturated heterocycles. The van der Waals surface area contributed by atoms with E-state index in [4.69, 9.17) is 16.0 Å². The Bertz CT molecular complexity index is 1160. The average Bonchev–Trinajstić information content (AvgIpc) is 3.24. The molecule has 0 spiro atoms. The number of pyridine rings is 1. The zero-order valence-electron chi connectivity index (χ0n) is 14.5. The van der Waals surface area contributed by atoms with Gasteiger partial charge in [0.1, 0.15) is 0 Å². The van der Waals surface area contributed by atoms with Crippen LogP contribution in [0.25, 0.3) is 22.7 Å². The molecule has 3 heterocycles. The van der Waals surface area contributed by atoms with Gasteiger partial charge in [0.25, 0.3) is 0 Å². The van der Waals surface area contributed by atoms with Gasteiger partial charge in [-0.25, -0.2) is 8.78 Å². The Morgan fingerprint density at radius 2 is 1.86 bits per heavy atom. The molecule has 4 aromatic rings. The number of hydrogen-bond acceptors (Lipinski definition) is 7. The number of nitrogens with zero attached hydrogens (tertiary/aromatic N) is 5. The molecule has 0 N–H and O–H groups in total. The molecule has 0 amide bonds. The molecule has 1 aromatic carbocycles. The van der Waals surface area contributed by atoms with Crippen LogP contribution in [0.3, 0.4) is 0 Å². The maximum absolute atomic E-state index is 13.7. The van der Waals surface area contributed by atoms with Crippen molar-refractivity contribution in [1.82, 2.24) is 25.1 Å². The summed E-state index contributed by atoms with van der Waals surface area (Å²) in [6.07, 6.45) is 5.22. The van der Waals surface area contributed by atoms with Gasteiger partial charge in [0.2, 0.25) is 12.3 Å². The number of rotatable bonds is 5. The molecule has 4 rings (SSSR count). The van der Waals surface area contributed by atoms with Crippen LogP contribution < -0.4 is 0 Å². The van der Waals surface area contributed by atoms with Crippen LogP contribution in [0.2, 0.25) is 5.02 Å². The molecule has 0 unspecified atom stereocenters. The molecule has 0 saturated carbocycles. The number of hydrogen-bond donors (Lipinski definition) is 0. The zero-order chi connectivity index (χ0) is 20.4. The van der Waals surface area contributed by atoms with Crippen LogP contribution in [0, 0.1) is 11.6 Å². The van der Waals surface area contributed by atoms with Gasteiger partial charge in [0, 0.05) is 17.3 Å². The van der Waals surface area contributed by atoms with Crippen molar-refractivity contribution in [2.75, 3.05) is 0 Å². The van der Waals surface area contributed by atoms with Gasteiger partial charge in [0.05, 0.1) is 47.0 Å². The van der Waals surface area contributed by atoms with Crippen LogP contribution in [0.4, 0.5) is 8.78 Å². The number of halogens is 3. The van der Waals surface area contributed by atoms with Crippen molar-refractivity contribution in [1.29, 1.82) is 0 Å². The predicted octanol–water partition coefficient (Wildman–Crippen LogP) is 3.95. The lowest BCUT2D eigenvalue weighted by Gasteiger charge is -2.07. The maximum Gasteiger partial charge on any atom is 0.247 e. The topological polar surface area (TPSA) is 94.7 Å². The minimum atomic E-state index is -1.02. The van der Waals surface area contributed by atoms with Gasteiger partial charge in [-0.1, -0.05) is 11.6 Å². The van der Waals surface area contributed by atoms with E-state index in [0.29, 0.717) is 27.7 Å². The van der Waals surface area contributed by atoms with Crippen LogP contribution in [-0.2, 0) is 6.42 Å². The highest BCUT2D eigenvalue weighted by atomic mass is 35.5. The number of carbonyl (C=O) groups is 1. The van der Waals surface area contributed by atoms with Crippen molar-refractivity contribution in [3.05, 3.63) is 77.3 Å². The second-order valence-electron chi connectivity index (χ2n) is 5.91. The van der Waals surface area contributed by atoms with Gasteiger partial charge in [-0.15, -0.1) is 10.2 Å². The fourth-order valence-electron chi connectivity index (χ4n) is 2.67. The minimum absolute atomic E-state index is 0.249. The first-order valence-corrected chi connectivity index (χ1v) is 8.60. The van der Waals surface area contributed by atoms with E-state index < -0.39 is 23.0 Å². The van der Waals surface area contributed by atoms with E-state index in [1.165, 1.54) is 18.8 Å². The Hall–Kier alpha value is -3.59. The van der Waals surface area contributed by atoms with Crippen LogP contribution in [0.1, 0.15) is 16.1 Å². The summed E-state index contributed by atoms with van der Waals surface area (Å²) in [4.78, 5) is 24.0. The van der Waals surface area contributed by atoms with Crippen LogP contribution >= 0.6 is 11.6 Å². The second kappa shape index (κ2) is 7.80. The molecule has 29 heavy (non-hydrogen) atoms. The van der Waals surface area contributed by atoms with E-state index in [1.807, 2.05) is 0 Å². The van der Waals surface area contributed by atoms with Crippen molar-refractivity contribution in [3.8, 4) is 22.7 Å². The number of ketones is 1. The molecule has 7 nitrogen and oxygen atoms in total. The quantitative estimate of drug-likeness (QED) is 0.457. The summed E-state index contributed by atoms with van der Waals surface area (Å²) in [5, 5.41) is 7.90. The first-order valence-electron chi connectivity index (χ1n) is 8.22. The average molecular weight is 414 g/mol. The Morgan fingerprint density at radius 1 is 1.07 bits per heavy atom. The van der Waals surface area contributed by atoms with Gasteiger partial charge in [0.15, 0.2) is 17.4 Å². The molecule has 10 heteroatoms. The lowest BCUT2D eigenvalue weighted by atomic mass is 10.1. The lowest BCUT2D eigenvalue weighted by molar-refractivity contribution is 0.0983. The fraction of sp³-hybridized carbons (Fsp3) is 0.0526. The predicted molar refractivity (Wildman–Crippen MR) is 98.0 cm³/mol. The molecular weight excluding hydrogens is 404 g/mol. The molecule has 0 aliphatic heterocycles. The maximum atomic E-state index is 13.7. The molecule has 0 aliphatic carbocycles. The SMILES string of the molecule is O=C(Cc1cnc(-c2cc(-c3nnco3)ccc2Cl)cn1)c1c(F)cncc1F. The number of carbonyl (C=O) groups excluding carboxylic acids is 1. The monoisotopic (exact) mass is 413 g/mol. The third-order valence-corrected chi connectivity index (χ3v) is 4.36. The van der Waals surface area contributed by atoms with Crippen molar-refractivity contribution in [3.63, 3.8) is 0 Å². The summed E-state index contributed by atoms with van der Waals surface area (Å²) in [5.74, 6) is -2.49. The Labute approximate surface area is 167 Å². The molecule has 0 fully saturated rings. The minimum Gasteiger partial charge on any atom is -0.423 e. The molecule has 0 bridgehead atoms. The van der Waals surface area contributed by atoms with E-state index in [0.717, 1.165) is 12.4 Å². The highest BCUT2D eigenvalue weighted by Gasteiger charge is 2.19. The van der Waals surface area contributed by atoms with E-state index >= 15 is 0 Å². The van der Waals surface area contributed by atoms with Gasteiger partial charge < -0.3 is 4.42 Å². The third-order valence-electron chi connectivity index (χ3n) is 4.03. The van der Waals surface area contributed by atoms with Crippen LogP contribution in [0.5, 0.6) is 0 Å². The van der Waals surface area contributed by atoms with Crippen molar-refractivity contribution in [2.45, 2.75) is 6.42 Å². The van der Waals surface area contributed by atoms with E-state index in [9.17, 15) is 13.6 Å². The number of Topliss-reactive ketones (excluding diaryl/α,β-unsaturated/α-hetero) is 1. The van der Waals surface area contributed by atoms with E-state index in [-0.39, 0.29) is 12.1 Å². The first-order chi connectivity index (χ1) is 14.0. The Morgan fingerprint density at radius 3 is 2.52 bits per heavy atom. The zero-order valence-corrected chi connectivity index (χ0v) is 15.3. The Kier molecular flexibility index (Phi) is 5.05. The summed E-state index contributed by atoms with van der Waals surface area (Å²) in [7, 11) is 0. The summed E-state index contributed by atoms with van der Waals surface area (Å²) >= 11 is 6.25. The summed E-state index contributed by atoms with van der Waals surface area (Å²) in [5.41, 5.74) is 1.25. The summed E-state index contributed by atoms with van der Waals surface area (Å²) < 4.78 is 32.6. The van der Waals surface area contributed by atoms with Gasteiger partial charge >= 0.3 is 0 Å². The molecule has 0 atom stereocenters. The smallest absolute Gasteiger partial charge is 0.247 e. The summed E-state index contributed by atoms with van der Waals surface area (Å²) in [6, 6.07) is 5.09. The van der Waals surface area contributed by atoms with Crippen LogP contribution in [0.15, 0.2) is 53.8 Å². The molecular formula is C19H10ClF2N5O2. The van der Waals surface area contributed by atoms with Crippen molar-refractivity contribution < 1.29 is 18.0 Å². The van der Waals surface area contributed by atoms with Crippen LogP contribution in [-0.4, -0.2) is 30.9 Å². The van der Waals surface area contributed by atoms with Crippen molar-refractivity contribution >= 4 is 17.4 Å².